The van der Waals surface area contributed by atoms with Gasteiger partial charge in [0.15, 0.2) is 0 Å². The van der Waals surface area contributed by atoms with E-state index in [2.05, 4.69) is 10.6 Å². The molecule has 2 aromatic carbocycles. The Morgan fingerprint density at radius 1 is 1.23 bits per heavy atom. The maximum Gasteiger partial charge on any atom is 0.319 e. The van der Waals surface area contributed by atoms with Crippen molar-refractivity contribution in [2.24, 2.45) is 0 Å². The molecule has 0 saturated carbocycles. The summed E-state index contributed by atoms with van der Waals surface area (Å²) in [5.41, 5.74) is 1.39. The second-order valence-corrected chi connectivity index (χ2v) is 5.00. The smallest absolute Gasteiger partial charge is 0.319 e. The van der Waals surface area contributed by atoms with Crippen molar-refractivity contribution >= 4 is 23.3 Å². The van der Waals surface area contributed by atoms with Gasteiger partial charge in [0.1, 0.15) is 11.9 Å². The highest BCUT2D eigenvalue weighted by molar-refractivity contribution is 6.30. The fourth-order valence-corrected chi connectivity index (χ4v) is 1.98. The van der Waals surface area contributed by atoms with Crippen LogP contribution in [0.25, 0.3) is 0 Å². The van der Waals surface area contributed by atoms with E-state index < -0.39 is 11.8 Å². The lowest BCUT2D eigenvalue weighted by molar-refractivity contribution is 0.252. The third-order valence-corrected chi connectivity index (χ3v) is 3.21. The standard InChI is InChI=1S/C16H13ClFN3O/c17-13-3-1-11(2-4-13)7-8-20-16(22)21-15-6-5-14(18)9-12(15)10-19/h1-6,9H,7-8H2,(H2,20,21,22). The number of urea groups is 1. The van der Waals surface area contributed by atoms with Gasteiger partial charge < -0.3 is 10.6 Å². The summed E-state index contributed by atoms with van der Waals surface area (Å²) in [7, 11) is 0. The zero-order valence-corrected chi connectivity index (χ0v) is 12.3. The van der Waals surface area contributed by atoms with Crippen molar-refractivity contribution in [3.05, 3.63) is 64.4 Å². The van der Waals surface area contributed by atoms with Crippen molar-refractivity contribution in [1.82, 2.24) is 5.32 Å². The Hall–Kier alpha value is -2.58. The van der Waals surface area contributed by atoms with Gasteiger partial charge in [0.05, 0.1) is 11.3 Å². The Bertz CT molecular complexity index is 710. The van der Waals surface area contributed by atoms with E-state index in [0.717, 1.165) is 11.6 Å². The molecule has 0 atom stereocenters. The summed E-state index contributed by atoms with van der Waals surface area (Å²) in [6.45, 7) is 0.427. The molecule has 6 heteroatoms. The molecule has 2 amide bonds. The van der Waals surface area contributed by atoms with Gasteiger partial charge in [-0.2, -0.15) is 5.26 Å². The summed E-state index contributed by atoms with van der Waals surface area (Å²) >= 11 is 5.79. The quantitative estimate of drug-likeness (QED) is 0.902. The number of nitrogens with one attached hydrogen (secondary N) is 2. The van der Waals surface area contributed by atoms with Crippen LogP contribution in [0.1, 0.15) is 11.1 Å². The molecule has 0 spiro atoms. The molecule has 0 unspecified atom stereocenters. The van der Waals surface area contributed by atoms with Crippen LogP contribution in [0.4, 0.5) is 14.9 Å². The number of hydrogen-bond acceptors (Lipinski definition) is 2. The molecule has 22 heavy (non-hydrogen) atoms. The van der Waals surface area contributed by atoms with Crippen LogP contribution in [0.15, 0.2) is 42.5 Å². The maximum absolute atomic E-state index is 13.0. The predicted molar refractivity (Wildman–Crippen MR) is 83.3 cm³/mol. The first-order chi connectivity index (χ1) is 10.6. The van der Waals surface area contributed by atoms with Crippen LogP contribution in [0.3, 0.4) is 0 Å². The van der Waals surface area contributed by atoms with Gasteiger partial charge >= 0.3 is 6.03 Å². The number of nitrogens with zero attached hydrogens (tertiary/aromatic N) is 1. The van der Waals surface area contributed by atoms with Crippen LogP contribution in [0.5, 0.6) is 0 Å². The first-order valence-electron chi connectivity index (χ1n) is 6.57. The molecule has 0 saturated heterocycles. The van der Waals surface area contributed by atoms with E-state index in [0.29, 0.717) is 18.0 Å². The van der Waals surface area contributed by atoms with Gasteiger partial charge in [-0.25, -0.2) is 9.18 Å². The van der Waals surface area contributed by atoms with Gasteiger partial charge in [-0.15, -0.1) is 0 Å². The molecule has 0 aliphatic rings. The molecule has 0 aromatic heterocycles. The number of amides is 2. The average Bonchev–Trinajstić information content (AvgIpc) is 2.51. The fraction of sp³-hybridized carbons (Fsp3) is 0.125. The van der Waals surface area contributed by atoms with Crippen molar-refractivity contribution in [3.8, 4) is 6.07 Å². The van der Waals surface area contributed by atoms with Gasteiger partial charge in [-0.05, 0) is 42.3 Å². The monoisotopic (exact) mass is 317 g/mol. The van der Waals surface area contributed by atoms with E-state index in [9.17, 15) is 9.18 Å². The number of rotatable bonds is 4. The minimum absolute atomic E-state index is 0.0767. The molecule has 0 fully saturated rings. The highest BCUT2D eigenvalue weighted by Crippen LogP contribution is 2.15. The molecule has 2 aromatic rings. The van der Waals surface area contributed by atoms with Crippen LogP contribution >= 0.6 is 11.6 Å². The minimum Gasteiger partial charge on any atom is -0.338 e. The van der Waals surface area contributed by atoms with E-state index in [1.807, 2.05) is 18.2 Å². The maximum atomic E-state index is 13.0. The first kappa shape index (κ1) is 15.8. The van der Waals surface area contributed by atoms with E-state index in [-0.39, 0.29) is 11.3 Å². The number of carbonyl (C=O) groups excluding carboxylic acids is 1. The van der Waals surface area contributed by atoms with Gasteiger partial charge in [0.2, 0.25) is 0 Å². The normalized spacial score (nSPS) is 9.86. The Kier molecular flexibility index (Phi) is 5.34. The summed E-state index contributed by atoms with van der Waals surface area (Å²) in [5.74, 6) is -0.523. The molecule has 2 N–H and O–H groups in total. The number of anilines is 1. The van der Waals surface area contributed by atoms with Gasteiger partial charge in [0.25, 0.3) is 0 Å². The number of hydrogen-bond donors (Lipinski definition) is 2. The molecule has 2 rings (SSSR count). The van der Waals surface area contributed by atoms with Crippen LogP contribution in [0, 0.1) is 17.1 Å². The average molecular weight is 318 g/mol. The van der Waals surface area contributed by atoms with E-state index in [1.54, 1.807) is 12.1 Å². The molecule has 0 radical (unpaired) electrons. The highest BCUT2D eigenvalue weighted by Gasteiger charge is 2.07. The molecular formula is C16H13ClFN3O. The lowest BCUT2D eigenvalue weighted by Gasteiger charge is -2.09. The number of halogens is 2. The van der Waals surface area contributed by atoms with Crippen LogP contribution in [0.2, 0.25) is 5.02 Å². The molecule has 4 nitrogen and oxygen atoms in total. The Morgan fingerprint density at radius 3 is 2.64 bits per heavy atom. The number of benzene rings is 2. The topological polar surface area (TPSA) is 64.9 Å². The summed E-state index contributed by atoms with van der Waals surface area (Å²) in [6.07, 6.45) is 0.652. The first-order valence-corrected chi connectivity index (χ1v) is 6.95. The van der Waals surface area contributed by atoms with Crippen molar-refractivity contribution < 1.29 is 9.18 Å². The van der Waals surface area contributed by atoms with Crippen LogP contribution in [-0.2, 0) is 6.42 Å². The van der Waals surface area contributed by atoms with Crippen molar-refractivity contribution in [2.45, 2.75) is 6.42 Å². The minimum atomic E-state index is -0.523. The third-order valence-electron chi connectivity index (χ3n) is 2.96. The molecule has 0 heterocycles. The largest absolute Gasteiger partial charge is 0.338 e. The van der Waals surface area contributed by atoms with Gasteiger partial charge in [-0.1, -0.05) is 23.7 Å². The summed E-state index contributed by atoms with van der Waals surface area (Å²) in [6, 6.07) is 12.3. The van der Waals surface area contributed by atoms with Gasteiger partial charge in [-0.3, -0.25) is 0 Å². The molecule has 112 valence electrons. The third kappa shape index (κ3) is 4.47. The highest BCUT2D eigenvalue weighted by atomic mass is 35.5. The predicted octanol–water partition coefficient (Wildman–Crippen LogP) is 3.71. The number of carbonyl (C=O) groups is 1. The Morgan fingerprint density at radius 2 is 1.95 bits per heavy atom. The van der Waals surface area contributed by atoms with Gasteiger partial charge in [0, 0.05) is 11.6 Å². The summed E-state index contributed by atoms with van der Waals surface area (Å²) in [4.78, 5) is 11.8. The summed E-state index contributed by atoms with van der Waals surface area (Å²) < 4.78 is 13.0. The summed E-state index contributed by atoms with van der Waals surface area (Å²) in [5, 5.41) is 14.8. The zero-order chi connectivity index (χ0) is 15.9. The molecular weight excluding hydrogens is 305 g/mol. The van der Waals surface area contributed by atoms with E-state index >= 15 is 0 Å². The van der Waals surface area contributed by atoms with Crippen molar-refractivity contribution in [1.29, 1.82) is 5.26 Å². The Labute approximate surface area is 132 Å². The molecule has 0 aliphatic carbocycles. The number of nitriles is 1. The van der Waals surface area contributed by atoms with E-state index in [4.69, 9.17) is 16.9 Å². The van der Waals surface area contributed by atoms with Crippen LogP contribution in [-0.4, -0.2) is 12.6 Å². The van der Waals surface area contributed by atoms with E-state index in [1.165, 1.54) is 12.1 Å². The lowest BCUT2D eigenvalue weighted by atomic mass is 10.1. The SMILES string of the molecule is N#Cc1cc(F)ccc1NC(=O)NCCc1ccc(Cl)cc1. The molecule has 0 bridgehead atoms. The molecule has 0 aliphatic heterocycles. The second-order valence-electron chi connectivity index (χ2n) is 4.56. The Balaban J connectivity index is 1.86. The zero-order valence-electron chi connectivity index (χ0n) is 11.6. The lowest BCUT2D eigenvalue weighted by Crippen LogP contribution is -2.30. The van der Waals surface area contributed by atoms with Crippen molar-refractivity contribution in [2.75, 3.05) is 11.9 Å². The van der Waals surface area contributed by atoms with Crippen molar-refractivity contribution in [3.63, 3.8) is 0 Å². The fourth-order valence-electron chi connectivity index (χ4n) is 1.86. The van der Waals surface area contributed by atoms with Crippen LogP contribution < -0.4 is 10.6 Å². The second kappa shape index (κ2) is 7.43.